The van der Waals surface area contributed by atoms with Crippen molar-refractivity contribution in [2.75, 3.05) is 5.75 Å². The van der Waals surface area contributed by atoms with Crippen LogP contribution < -0.4 is 0 Å². The molecule has 1 aliphatic carbocycles. The molecule has 130 valence electrons. The average molecular weight is 368 g/mol. The molecule has 2 atom stereocenters. The first-order valence-electron chi connectivity index (χ1n) is 8.37. The molecule has 1 aromatic rings. The van der Waals surface area contributed by atoms with Gasteiger partial charge in [0.25, 0.3) is 0 Å². The number of esters is 1. The Morgan fingerprint density at radius 1 is 1.33 bits per heavy atom. The summed E-state index contributed by atoms with van der Waals surface area (Å²) in [6, 6.07) is 7.00. The first-order chi connectivity index (χ1) is 11.5. The minimum Gasteiger partial charge on any atom is -0.461 e. The average Bonchev–Trinajstić information content (AvgIpc) is 2.89. The molecule has 0 bridgehead atoms. The lowest BCUT2D eigenvalue weighted by Crippen LogP contribution is -2.48. The third kappa shape index (κ3) is 3.57. The van der Waals surface area contributed by atoms with E-state index >= 15 is 0 Å². The Bertz CT molecular complexity index is 632. The number of benzene rings is 1. The number of carbonyl (C=O) groups excluding carboxylic acids is 2. The zero-order valence-corrected chi connectivity index (χ0v) is 15.5. The summed E-state index contributed by atoms with van der Waals surface area (Å²) >= 11 is 7.72. The molecule has 2 fully saturated rings. The first-order valence-corrected chi connectivity index (χ1v) is 9.79. The number of nitrogens with zero attached hydrogens (tertiary/aromatic N) is 1. The highest BCUT2D eigenvalue weighted by atomic mass is 35.5. The van der Waals surface area contributed by atoms with Crippen LogP contribution in [0.4, 0.5) is 0 Å². The van der Waals surface area contributed by atoms with Crippen LogP contribution in [0.3, 0.4) is 0 Å². The Labute approximate surface area is 151 Å². The smallest absolute Gasteiger partial charge is 0.330 e. The van der Waals surface area contributed by atoms with Crippen LogP contribution in [0.25, 0.3) is 0 Å². The van der Waals surface area contributed by atoms with Gasteiger partial charge < -0.3 is 9.64 Å². The van der Waals surface area contributed by atoms with Gasteiger partial charge in [-0.15, -0.1) is 11.8 Å². The molecule has 2 aliphatic rings. The fraction of sp³-hybridized carbons (Fsp3) is 0.556. The summed E-state index contributed by atoms with van der Waals surface area (Å²) in [6.45, 7) is 3.65. The third-order valence-electron chi connectivity index (χ3n) is 4.47. The van der Waals surface area contributed by atoms with Gasteiger partial charge in [-0.05, 0) is 44.4 Å². The molecule has 2 unspecified atom stereocenters. The van der Waals surface area contributed by atoms with E-state index in [-0.39, 0.29) is 29.3 Å². The van der Waals surface area contributed by atoms with E-state index in [2.05, 4.69) is 0 Å². The molecule has 1 heterocycles. The van der Waals surface area contributed by atoms with Gasteiger partial charge >= 0.3 is 5.97 Å². The van der Waals surface area contributed by atoms with Crippen molar-refractivity contribution in [2.45, 2.75) is 50.6 Å². The lowest BCUT2D eigenvalue weighted by atomic mass is 9.84. The van der Waals surface area contributed by atoms with Crippen molar-refractivity contribution in [3.05, 3.63) is 34.9 Å². The maximum atomic E-state index is 13.0. The minimum atomic E-state index is -0.519. The number of carbonyl (C=O) groups is 2. The summed E-state index contributed by atoms with van der Waals surface area (Å²) in [5, 5.41) is 0.457. The van der Waals surface area contributed by atoms with Gasteiger partial charge in [-0.2, -0.15) is 0 Å². The number of hydrogen-bond donors (Lipinski definition) is 0. The van der Waals surface area contributed by atoms with E-state index in [0.717, 1.165) is 24.8 Å². The van der Waals surface area contributed by atoms with Crippen LogP contribution in [0.15, 0.2) is 24.3 Å². The molecule has 1 amide bonds. The van der Waals surface area contributed by atoms with Crippen LogP contribution in [-0.2, 0) is 14.3 Å². The van der Waals surface area contributed by atoms with Gasteiger partial charge in [0, 0.05) is 16.7 Å². The van der Waals surface area contributed by atoms with Gasteiger partial charge in [0.2, 0.25) is 5.91 Å². The summed E-state index contributed by atoms with van der Waals surface area (Å²) < 4.78 is 5.38. The van der Waals surface area contributed by atoms with E-state index in [1.807, 2.05) is 38.1 Å². The van der Waals surface area contributed by atoms with E-state index in [1.54, 1.807) is 16.7 Å². The molecule has 3 rings (SSSR count). The fourth-order valence-corrected chi connectivity index (χ4v) is 4.66. The van der Waals surface area contributed by atoms with Crippen LogP contribution >= 0.6 is 23.4 Å². The molecule has 4 nitrogen and oxygen atoms in total. The van der Waals surface area contributed by atoms with Crippen LogP contribution in [0.2, 0.25) is 5.02 Å². The van der Waals surface area contributed by atoms with E-state index in [1.165, 1.54) is 0 Å². The summed E-state index contributed by atoms with van der Waals surface area (Å²) in [5.41, 5.74) is 0.958. The lowest BCUT2D eigenvalue weighted by molar-refractivity contribution is -0.159. The van der Waals surface area contributed by atoms with Crippen molar-refractivity contribution in [2.24, 2.45) is 5.92 Å². The second kappa shape index (κ2) is 7.36. The molecule has 0 N–H and O–H groups in total. The SMILES string of the molecule is CC(C)OC(=O)C1CSC(c2cccc(Cl)c2)N1C(=O)C1CCC1. The lowest BCUT2D eigenvalue weighted by Gasteiger charge is -2.35. The van der Waals surface area contributed by atoms with Crippen molar-refractivity contribution >= 4 is 35.2 Å². The van der Waals surface area contributed by atoms with Crippen LogP contribution in [0.1, 0.15) is 44.0 Å². The molecular weight excluding hydrogens is 346 g/mol. The second-order valence-electron chi connectivity index (χ2n) is 6.62. The van der Waals surface area contributed by atoms with E-state index in [9.17, 15) is 9.59 Å². The van der Waals surface area contributed by atoms with Gasteiger partial charge in [0.05, 0.1) is 6.10 Å². The molecule has 1 aliphatic heterocycles. The van der Waals surface area contributed by atoms with E-state index in [0.29, 0.717) is 10.8 Å². The van der Waals surface area contributed by atoms with Crippen molar-refractivity contribution in [1.29, 1.82) is 0 Å². The quantitative estimate of drug-likeness (QED) is 0.753. The summed E-state index contributed by atoms with van der Waals surface area (Å²) in [5.74, 6) is 0.359. The molecule has 0 spiro atoms. The zero-order valence-electron chi connectivity index (χ0n) is 13.9. The van der Waals surface area contributed by atoms with Crippen molar-refractivity contribution in [1.82, 2.24) is 4.90 Å². The number of amides is 1. The Kier molecular flexibility index (Phi) is 5.40. The van der Waals surface area contributed by atoms with Crippen LogP contribution in [0.5, 0.6) is 0 Å². The topological polar surface area (TPSA) is 46.6 Å². The molecule has 1 aromatic carbocycles. The summed E-state index contributed by atoms with van der Waals surface area (Å²) in [7, 11) is 0. The normalized spacial score (nSPS) is 24.1. The Morgan fingerprint density at radius 2 is 2.08 bits per heavy atom. The Hall–Kier alpha value is -1.20. The highest BCUT2D eigenvalue weighted by Gasteiger charge is 2.46. The number of hydrogen-bond acceptors (Lipinski definition) is 4. The standard InChI is InChI=1S/C18H22ClNO3S/c1-11(2)23-18(22)15-10-24-17(13-7-4-8-14(19)9-13)20(15)16(21)12-5-3-6-12/h4,7-9,11-12,15,17H,3,5-6,10H2,1-2H3. The molecule has 24 heavy (non-hydrogen) atoms. The van der Waals surface area contributed by atoms with Gasteiger partial charge in [-0.1, -0.05) is 30.2 Å². The molecule has 1 saturated carbocycles. The monoisotopic (exact) mass is 367 g/mol. The molecule has 6 heteroatoms. The van der Waals surface area contributed by atoms with Crippen molar-refractivity contribution in [3.8, 4) is 0 Å². The summed E-state index contributed by atoms with van der Waals surface area (Å²) in [4.78, 5) is 27.2. The fourth-order valence-electron chi connectivity index (χ4n) is 3.05. The van der Waals surface area contributed by atoms with Crippen LogP contribution in [-0.4, -0.2) is 34.7 Å². The summed E-state index contributed by atoms with van der Waals surface area (Å²) in [6.07, 6.45) is 2.72. The minimum absolute atomic E-state index is 0.0414. The van der Waals surface area contributed by atoms with Crippen molar-refractivity contribution in [3.63, 3.8) is 0 Å². The van der Waals surface area contributed by atoms with Crippen molar-refractivity contribution < 1.29 is 14.3 Å². The third-order valence-corrected chi connectivity index (χ3v) is 6.03. The Morgan fingerprint density at radius 3 is 2.67 bits per heavy atom. The maximum absolute atomic E-state index is 13.0. The number of halogens is 1. The van der Waals surface area contributed by atoms with Gasteiger partial charge in [0.15, 0.2) is 0 Å². The van der Waals surface area contributed by atoms with E-state index < -0.39 is 6.04 Å². The predicted molar refractivity (Wildman–Crippen MR) is 95.9 cm³/mol. The largest absolute Gasteiger partial charge is 0.461 e. The predicted octanol–water partition coefficient (Wildman–Crippen LogP) is 4.03. The number of thioether (sulfide) groups is 1. The van der Waals surface area contributed by atoms with Gasteiger partial charge in [0.1, 0.15) is 11.4 Å². The van der Waals surface area contributed by atoms with E-state index in [4.69, 9.17) is 16.3 Å². The molecule has 1 saturated heterocycles. The molecule has 0 aromatic heterocycles. The molecular formula is C18H22ClNO3S. The van der Waals surface area contributed by atoms with Crippen LogP contribution in [0, 0.1) is 5.92 Å². The second-order valence-corrected chi connectivity index (χ2v) is 8.17. The number of ether oxygens (including phenoxy) is 1. The highest BCUT2D eigenvalue weighted by Crippen LogP contribution is 2.44. The number of rotatable bonds is 4. The molecule has 0 radical (unpaired) electrons. The van der Waals surface area contributed by atoms with Gasteiger partial charge in [-0.25, -0.2) is 4.79 Å². The highest BCUT2D eigenvalue weighted by molar-refractivity contribution is 7.99. The van der Waals surface area contributed by atoms with Gasteiger partial charge in [-0.3, -0.25) is 4.79 Å². The first kappa shape index (κ1) is 17.6. The maximum Gasteiger partial charge on any atom is 0.330 e. The zero-order chi connectivity index (χ0) is 17.3. The Balaban J connectivity index is 1.87.